The number of sulfonamides is 1. The van der Waals surface area contributed by atoms with Crippen LogP contribution in [-0.4, -0.2) is 39.0 Å². The molecule has 0 unspecified atom stereocenters. The van der Waals surface area contributed by atoms with E-state index in [-0.39, 0.29) is 5.75 Å². The van der Waals surface area contributed by atoms with Crippen molar-refractivity contribution in [3.8, 4) is 0 Å². The Morgan fingerprint density at radius 1 is 1.04 bits per heavy atom. The summed E-state index contributed by atoms with van der Waals surface area (Å²) in [5, 5.41) is 3.31. The van der Waals surface area contributed by atoms with Crippen molar-refractivity contribution in [3.05, 3.63) is 59.0 Å². The third-order valence-electron chi connectivity index (χ3n) is 4.23. The molecule has 2 aromatic rings. The Morgan fingerprint density at radius 2 is 1.76 bits per heavy atom. The Labute approximate surface area is 148 Å². The molecule has 0 aliphatic carbocycles. The fourth-order valence-electron chi connectivity index (χ4n) is 2.88. The first kappa shape index (κ1) is 18.1. The van der Waals surface area contributed by atoms with Crippen LogP contribution >= 0.6 is 0 Å². The van der Waals surface area contributed by atoms with E-state index in [1.54, 1.807) is 0 Å². The summed E-state index contributed by atoms with van der Waals surface area (Å²) in [4.78, 5) is 0. The molecule has 2 heterocycles. The number of hydrogen-bond donors (Lipinski definition) is 1. The molecule has 0 saturated carbocycles. The van der Waals surface area contributed by atoms with E-state index in [4.69, 9.17) is 9.15 Å². The van der Waals surface area contributed by atoms with Gasteiger partial charge in [0.15, 0.2) is 0 Å². The molecule has 1 aromatic heterocycles. The lowest BCUT2D eigenvalue weighted by Gasteiger charge is -2.26. The van der Waals surface area contributed by atoms with Gasteiger partial charge >= 0.3 is 0 Å². The lowest BCUT2D eigenvalue weighted by Crippen LogP contribution is -2.41. The molecule has 7 heteroatoms. The van der Waals surface area contributed by atoms with Gasteiger partial charge < -0.3 is 14.5 Å². The van der Waals surface area contributed by atoms with Crippen molar-refractivity contribution in [2.75, 3.05) is 26.3 Å². The largest absolute Gasteiger partial charge is 0.465 e. The molecule has 1 aliphatic rings. The van der Waals surface area contributed by atoms with E-state index in [2.05, 4.69) is 5.32 Å². The van der Waals surface area contributed by atoms with Gasteiger partial charge in [-0.05, 0) is 30.2 Å². The molecule has 0 atom stereocenters. The average Bonchev–Trinajstić information content (AvgIpc) is 3.02. The molecule has 6 nitrogen and oxygen atoms in total. The third-order valence-corrected chi connectivity index (χ3v) is 6.06. The summed E-state index contributed by atoms with van der Waals surface area (Å²) in [5.74, 6) is 1.77. The summed E-state index contributed by atoms with van der Waals surface area (Å²) < 4.78 is 37.6. The van der Waals surface area contributed by atoms with E-state index in [9.17, 15) is 8.42 Å². The average molecular weight is 364 g/mol. The maximum absolute atomic E-state index is 12.6. The van der Waals surface area contributed by atoms with E-state index >= 15 is 0 Å². The van der Waals surface area contributed by atoms with Gasteiger partial charge in [0.1, 0.15) is 11.5 Å². The zero-order valence-corrected chi connectivity index (χ0v) is 15.2. The summed E-state index contributed by atoms with van der Waals surface area (Å²) in [6.45, 7) is 4.90. The maximum atomic E-state index is 12.6. The number of benzene rings is 1. The van der Waals surface area contributed by atoms with Gasteiger partial charge in [-0.1, -0.05) is 24.3 Å². The summed E-state index contributed by atoms with van der Waals surface area (Å²) in [7, 11) is -3.33. The molecule has 0 spiro atoms. The number of aryl methyl sites for hydroxylation is 1. The van der Waals surface area contributed by atoms with E-state index in [1.807, 2.05) is 43.3 Å². The number of rotatable bonds is 7. The van der Waals surface area contributed by atoms with Crippen LogP contribution in [0.5, 0.6) is 0 Å². The van der Waals surface area contributed by atoms with Gasteiger partial charge in [-0.25, -0.2) is 8.42 Å². The van der Waals surface area contributed by atoms with Crippen molar-refractivity contribution in [2.24, 2.45) is 0 Å². The standard InChI is InChI=1S/C18H24N2O4S/c1-15-6-7-18(24-15)13-19-12-16-4-2-3-5-17(16)14-25(21,22)20-8-10-23-11-9-20/h2-7,19H,8-14H2,1H3. The van der Waals surface area contributed by atoms with Crippen LogP contribution < -0.4 is 5.32 Å². The zero-order chi connectivity index (χ0) is 17.7. The highest BCUT2D eigenvalue weighted by atomic mass is 32.2. The second-order valence-electron chi connectivity index (χ2n) is 6.15. The smallest absolute Gasteiger partial charge is 0.218 e. The van der Waals surface area contributed by atoms with Crippen LogP contribution in [0, 0.1) is 6.92 Å². The van der Waals surface area contributed by atoms with E-state index < -0.39 is 10.0 Å². The van der Waals surface area contributed by atoms with Crippen LogP contribution in [0.25, 0.3) is 0 Å². The summed E-state index contributed by atoms with van der Waals surface area (Å²) in [6.07, 6.45) is 0. The van der Waals surface area contributed by atoms with Gasteiger partial charge in [-0.15, -0.1) is 0 Å². The minimum Gasteiger partial charge on any atom is -0.465 e. The summed E-state index contributed by atoms with van der Waals surface area (Å²) in [6, 6.07) is 11.5. The highest BCUT2D eigenvalue weighted by Crippen LogP contribution is 2.17. The number of ether oxygens (including phenoxy) is 1. The van der Waals surface area contributed by atoms with Crippen LogP contribution in [0.2, 0.25) is 0 Å². The van der Waals surface area contributed by atoms with Gasteiger partial charge in [-0.2, -0.15) is 4.31 Å². The van der Waals surface area contributed by atoms with Gasteiger partial charge in [0.05, 0.1) is 25.5 Å². The zero-order valence-electron chi connectivity index (χ0n) is 14.4. The highest BCUT2D eigenvalue weighted by molar-refractivity contribution is 7.88. The van der Waals surface area contributed by atoms with Crippen LogP contribution in [0.4, 0.5) is 0 Å². The topological polar surface area (TPSA) is 71.8 Å². The Hall–Kier alpha value is -1.67. The SMILES string of the molecule is Cc1ccc(CNCc2ccccc2CS(=O)(=O)N2CCOCC2)o1. The molecule has 1 aromatic carbocycles. The first-order valence-corrected chi connectivity index (χ1v) is 10.0. The number of nitrogens with one attached hydrogen (secondary N) is 1. The molecule has 1 saturated heterocycles. The van der Waals surface area contributed by atoms with E-state index in [0.717, 1.165) is 22.6 Å². The van der Waals surface area contributed by atoms with Crippen molar-refractivity contribution < 1.29 is 17.6 Å². The Kier molecular flexibility index (Phi) is 5.90. The second-order valence-corrected chi connectivity index (χ2v) is 8.12. The summed E-state index contributed by atoms with van der Waals surface area (Å²) >= 11 is 0. The Balaban J connectivity index is 1.63. The van der Waals surface area contributed by atoms with E-state index in [0.29, 0.717) is 39.4 Å². The number of hydrogen-bond acceptors (Lipinski definition) is 5. The van der Waals surface area contributed by atoms with Gasteiger partial charge in [0.2, 0.25) is 10.0 Å². The Morgan fingerprint density at radius 3 is 2.44 bits per heavy atom. The fraction of sp³-hybridized carbons (Fsp3) is 0.444. The van der Waals surface area contributed by atoms with Gasteiger partial charge in [0.25, 0.3) is 0 Å². The molecule has 136 valence electrons. The molecule has 3 rings (SSSR count). The van der Waals surface area contributed by atoms with Gasteiger partial charge in [-0.3, -0.25) is 0 Å². The number of furan rings is 1. The van der Waals surface area contributed by atoms with Crippen LogP contribution in [0.3, 0.4) is 0 Å². The quantitative estimate of drug-likeness (QED) is 0.814. The molecule has 0 amide bonds. The van der Waals surface area contributed by atoms with Crippen molar-refractivity contribution in [2.45, 2.75) is 25.8 Å². The molecular formula is C18H24N2O4S. The lowest BCUT2D eigenvalue weighted by molar-refractivity contribution is 0.0729. The van der Waals surface area contributed by atoms with E-state index in [1.165, 1.54) is 4.31 Å². The van der Waals surface area contributed by atoms with Crippen LogP contribution in [-0.2, 0) is 33.6 Å². The molecular weight excluding hydrogens is 340 g/mol. The van der Waals surface area contributed by atoms with Crippen molar-refractivity contribution in [1.82, 2.24) is 9.62 Å². The van der Waals surface area contributed by atoms with Crippen molar-refractivity contribution in [1.29, 1.82) is 0 Å². The number of morpholine rings is 1. The monoisotopic (exact) mass is 364 g/mol. The molecule has 0 radical (unpaired) electrons. The first-order chi connectivity index (χ1) is 12.0. The molecule has 1 fully saturated rings. The van der Waals surface area contributed by atoms with Crippen LogP contribution in [0.15, 0.2) is 40.8 Å². The fourth-order valence-corrected chi connectivity index (χ4v) is 4.45. The first-order valence-electron chi connectivity index (χ1n) is 8.43. The third kappa shape index (κ3) is 4.92. The lowest BCUT2D eigenvalue weighted by atomic mass is 10.1. The predicted octanol–water partition coefficient (Wildman–Crippen LogP) is 2.04. The molecule has 0 bridgehead atoms. The molecule has 1 aliphatic heterocycles. The van der Waals surface area contributed by atoms with Crippen molar-refractivity contribution >= 4 is 10.0 Å². The number of nitrogens with zero attached hydrogens (tertiary/aromatic N) is 1. The van der Waals surface area contributed by atoms with Gasteiger partial charge in [0, 0.05) is 19.6 Å². The normalized spacial score (nSPS) is 16.2. The molecule has 25 heavy (non-hydrogen) atoms. The second kappa shape index (κ2) is 8.14. The highest BCUT2D eigenvalue weighted by Gasteiger charge is 2.25. The van der Waals surface area contributed by atoms with Crippen molar-refractivity contribution in [3.63, 3.8) is 0 Å². The van der Waals surface area contributed by atoms with Crippen LogP contribution in [0.1, 0.15) is 22.6 Å². The minimum absolute atomic E-state index is 0.0186. The maximum Gasteiger partial charge on any atom is 0.218 e. The minimum atomic E-state index is -3.33. The molecule has 1 N–H and O–H groups in total. The Bertz CT molecular complexity index is 795. The predicted molar refractivity (Wildman–Crippen MR) is 95.4 cm³/mol. The summed E-state index contributed by atoms with van der Waals surface area (Å²) in [5.41, 5.74) is 1.82.